The number of nitrogens with zero attached hydrogens (tertiary/aromatic N) is 4. The Balaban J connectivity index is 1.33. The molecule has 0 aliphatic rings. The van der Waals surface area contributed by atoms with Crippen molar-refractivity contribution in [1.82, 2.24) is 19.1 Å². The summed E-state index contributed by atoms with van der Waals surface area (Å²) in [5.74, 6) is 0.620. The lowest BCUT2D eigenvalue weighted by molar-refractivity contribution is 0.669. The first-order valence-corrected chi connectivity index (χ1v) is 17.9. The van der Waals surface area contributed by atoms with Crippen molar-refractivity contribution in [2.45, 2.75) is 0 Å². The van der Waals surface area contributed by atoms with Gasteiger partial charge < -0.3 is 8.98 Å². The molecule has 0 atom stereocenters. The van der Waals surface area contributed by atoms with Gasteiger partial charge in [-0.1, -0.05) is 127 Å². The molecule has 12 rings (SSSR count). The van der Waals surface area contributed by atoms with E-state index in [0.29, 0.717) is 5.95 Å². The van der Waals surface area contributed by atoms with E-state index >= 15 is 0 Å². The predicted octanol–water partition coefficient (Wildman–Crippen LogP) is 12.5. The molecule has 246 valence electrons. The van der Waals surface area contributed by atoms with E-state index in [1.54, 1.807) is 0 Å². The molecule has 4 aromatic heterocycles. The van der Waals surface area contributed by atoms with Crippen LogP contribution in [0.2, 0.25) is 0 Å². The summed E-state index contributed by atoms with van der Waals surface area (Å²) in [4.78, 5) is 10.9. The molecule has 4 heterocycles. The number of hydrogen-bond donors (Lipinski definition) is 0. The Morgan fingerprint density at radius 1 is 0.396 bits per heavy atom. The van der Waals surface area contributed by atoms with E-state index in [-0.39, 0.29) is 0 Å². The van der Waals surface area contributed by atoms with Gasteiger partial charge in [0.15, 0.2) is 0 Å². The Kier molecular flexibility index (Phi) is 5.71. The molecule has 0 fully saturated rings. The van der Waals surface area contributed by atoms with Gasteiger partial charge in [0.2, 0.25) is 5.95 Å². The zero-order chi connectivity index (χ0) is 34.6. The zero-order valence-corrected chi connectivity index (χ0v) is 28.4. The van der Waals surface area contributed by atoms with Crippen molar-refractivity contribution in [1.29, 1.82) is 0 Å². The Morgan fingerprint density at radius 2 is 1.08 bits per heavy atom. The lowest BCUT2D eigenvalue weighted by Gasteiger charge is -2.13. The van der Waals surface area contributed by atoms with Crippen LogP contribution in [0.4, 0.5) is 0 Å². The number of hydrogen-bond acceptors (Lipinski definition) is 3. The van der Waals surface area contributed by atoms with Crippen LogP contribution in [-0.2, 0) is 0 Å². The molecule has 0 aliphatic carbocycles. The zero-order valence-electron chi connectivity index (χ0n) is 28.4. The Hall–Kier alpha value is -7.24. The smallest absolute Gasteiger partial charge is 0.235 e. The molecule has 8 aromatic carbocycles. The first-order valence-electron chi connectivity index (χ1n) is 17.9. The van der Waals surface area contributed by atoms with E-state index in [0.717, 1.165) is 88.0 Å². The first kappa shape index (κ1) is 28.5. The number of benzene rings is 8. The number of furan rings is 1. The highest BCUT2D eigenvalue weighted by Crippen LogP contribution is 2.46. The maximum absolute atomic E-state index is 6.51. The van der Waals surface area contributed by atoms with Crippen molar-refractivity contribution >= 4 is 87.2 Å². The fourth-order valence-electron chi connectivity index (χ4n) is 8.70. The van der Waals surface area contributed by atoms with E-state index in [9.17, 15) is 0 Å². The quantitative estimate of drug-likeness (QED) is 0.187. The van der Waals surface area contributed by atoms with Gasteiger partial charge in [0.05, 0.1) is 44.4 Å². The summed E-state index contributed by atoms with van der Waals surface area (Å²) in [7, 11) is 0. The van der Waals surface area contributed by atoms with Crippen LogP contribution in [0.1, 0.15) is 0 Å². The van der Waals surface area contributed by atoms with Gasteiger partial charge >= 0.3 is 0 Å². The molecule has 0 radical (unpaired) electrons. The van der Waals surface area contributed by atoms with Crippen LogP contribution in [0.5, 0.6) is 0 Å². The Morgan fingerprint density at radius 3 is 1.96 bits per heavy atom. The SMILES string of the molecule is c1ccc(-c2nc(-n3c4c(ccc5oc6ccccc6c54)c4ccc5c(c6ccccc6n5-c5cccc6ccccc56)c43)nc3ccccc23)cc1. The number of para-hydroxylation sites is 3. The van der Waals surface area contributed by atoms with E-state index < -0.39 is 0 Å². The van der Waals surface area contributed by atoms with Crippen molar-refractivity contribution in [3.05, 3.63) is 170 Å². The van der Waals surface area contributed by atoms with Gasteiger partial charge in [0.1, 0.15) is 11.2 Å². The summed E-state index contributed by atoms with van der Waals surface area (Å²) in [6.07, 6.45) is 0. The standard InChI is InChI=1S/C48H28N4O/c1-2-14-30(15-3-1)45-34-18-6-9-21-37(34)49-48(50-45)52-46-32(33-26-28-42-44(47(33)52)36-20-8-11-24-41(36)53-42)25-27-40-43(46)35-19-7-10-22-39(35)51(40)38-23-12-16-29-13-4-5-17-31(29)38/h1-28H. The Bertz CT molecular complexity index is 3450. The fraction of sp³-hybridized carbons (Fsp3) is 0. The van der Waals surface area contributed by atoms with Gasteiger partial charge in [-0.15, -0.1) is 0 Å². The summed E-state index contributed by atoms with van der Waals surface area (Å²) in [6, 6.07) is 59.9. The molecule has 0 spiro atoms. The van der Waals surface area contributed by atoms with Crippen LogP contribution in [0.25, 0.3) is 110 Å². The highest BCUT2D eigenvalue weighted by atomic mass is 16.3. The molecule has 0 unspecified atom stereocenters. The average Bonchev–Trinajstić information content (AvgIpc) is 3.88. The largest absolute Gasteiger partial charge is 0.456 e. The van der Waals surface area contributed by atoms with Gasteiger partial charge in [-0.05, 0) is 47.9 Å². The molecule has 5 nitrogen and oxygen atoms in total. The molecule has 53 heavy (non-hydrogen) atoms. The Labute approximate surface area is 302 Å². The number of fused-ring (bicyclic) bond motifs is 13. The van der Waals surface area contributed by atoms with Crippen LogP contribution in [0.15, 0.2) is 174 Å². The van der Waals surface area contributed by atoms with Gasteiger partial charge in [0.25, 0.3) is 0 Å². The van der Waals surface area contributed by atoms with E-state index in [1.807, 2.05) is 18.2 Å². The maximum atomic E-state index is 6.51. The van der Waals surface area contributed by atoms with E-state index in [1.165, 1.54) is 16.2 Å². The molecule has 0 aliphatic heterocycles. The minimum absolute atomic E-state index is 0.620. The topological polar surface area (TPSA) is 48.8 Å². The van der Waals surface area contributed by atoms with Crippen molar-refractivity contribution in [2.24, 2.45) is 0 Å². The second-order valence-corrected chi connectivity index (χ2v) is 13.7. The third-order valence-corrected chi connectivity index (χ3v) is 10.9. The molecular weight excluding hydrogens is 649 g/mol. The van der Waals surface area contributed by atoms with Crippen LogP contribution in [-0.4, -0.2) is 19.1 Å². The second kappa shape index (κ2) is 10.6. The molecule has 0 saturated heterocycles. The molecule has 0 bridgehead atoms. The second-order valence-electron chi connectivity index (χ2n) is 13.7. The average molecular weight is 677 g/mol. The molecule has 0 N–H and O–H groups in total. The lowest BCUT2D eigenvalue weighted by Crippen LogP contribution is -2.04. The van der Waals surface area contributed by atoms with Gasteiger partial charge in [-0.2, -0.15) is 0 Å². The summed E-state index contributed by atoms with van der Waals surface area (Å²) >= 11 is 0. The lowest BCUT2D eigenvalue weighted by atomic mass is 10.1. The minimum atomic E-state index is 0.620. The van der Waals surface area contributed by atoms with Crippen LogP contribution in [0.3, 0.4) is 0 Å². The van der Waals surface area contributed by atoms with Crippen LogP contribution < -0.4 is 0 Å². The molecule has 0 amide bonds. The fourth-order valence-corrected chi connectivity index (χ4v) is 8.70. The highest BCUT2D eigenvalue weighted by Gasteiger charge is 2.26. The van der Waals surface area contributed by atoms with Gasteiger partial charge in [0, 0.05) is 43.3 Å². The first-order chi connectivity index (χ1) is 26.3. The monoisotopic (exact) mass is 676 g/mol. The summed E-state index contributed by atoms with van der Waals surface area (Å²) < 4.78 is 11.3. The van der Waals surface area contributed by atoms with Crippen LogP contribution >= 0.6 is 0 Å². The third-order valence-electron chi connectivity index (χ3n) is 10.9. The summed E-state index contributed by atoms with van der Waals surface area (Å²) in [5, 5.41) is 10.1. The van der Waals surface area contributed by atoms with Crippen molar-refractivity contribution < 1.29 is 4.42 Å². The predicted molar refractivity (Wildman–Crippen MR) is 218 cm³/mol. The van der Waals surface area contributed by atoms with Crippen molar-refractivity contribution in [3.8, 4) is 22.9 Å². The van der Waals surface area contributed by atoms with E-state index in [2.05, 4.69) is 161 Å². The molecular formula is C48H28N4O. The molecule has 0 saturated carbocycles. The summed E-state index contributed by atoms with van der Waals surface area (Å²) in [5.41, 5.74) is 10.0. The number of aromatic nitrogens is 4. The minimum Gasteiger partial charge on any atom is -0.456 e. The molecule has 12 aromatic rings. The summed E-state index contributed by atoms with van der Waals surface area (Å²) in [6.45, 7) is 0. The van der Waals surface area contributed by atoms with Crippen molar-refractivity contribution in [2.75, 3.05) is 0 Å². The normalized spacial score (nSPS) is 12.2. The highest BCUT2D eigenvalue weighted by molar-refractivity contribution is 6.31. The van der Waals surface area contributed by atoms with Crippen LogP contribution in [0, 0.1) is 0 Å². The van der Waals surface area contributed by atoms with Gasteiger partial charge in [-0.3, -0.25) is 4.57 Å². The number of rotatable bonds is 3. The third kappa shape index (κ3) is 3.91. The maximum Gasteiger partial charge on any atom is 0.235 e. The van der Waals surface area contributed by atoms with E-state index in [4.69, 9.17) is 14.4 Å². The van der Waals surface area contributed by atoms with Crippen molar-refractivity contribution in [3.63, 3.8) is 0 Å². The van der Waals surface area contributed by atoms with Gasteiger partial charge in [-0.25, -0.2) is 9.97 Å². The molecule has 5 heteroatoms.